The second-order valence-corrected chi connectivity index (χ2v) is 8.18. The van der Waals surface area contributed by atoms with E-state index in [4.69, 9.17) is 0 Å². The van der Waals surface area contributed by atoms with Gasteiger partial charge in [0, 0.05) is 31.5 Å². The van der Waals surface area contributed by atoms with Crippen LogP contribution in [-0.4, -0.2) is 47.2 Å². The van der Waals surface area contributed by atoms with Crippen molar-refractivity contribution in [2.45, 2.75) is 25.9 Å². The van der Waals surface area contributed by atoms with Crippen molar-refractivity contribution in [3.8, 4) is 5.69 Å². The Balaban J connectivity index is 1.70. The van der Waals surface area contributed by atoms with Crippen LogP contribution in [0.15, 0.2) is 42.7 Å². The molecule has 2 heterocycles. The first kappa shape index (κ1) is 15.2. The van der Waals surface area contributed by atoms with Gasteiger partial charge in [0.1, 0.15) is 0 Å². The molecule has 0 N–H and O–H groups in total. The molecule has 0 amide bonds. The molecule has 0 radical (unpaired) electrons. The zero-order valence-corrected chi connectivity index (χ0v) is 13.5. The highest BCUT2D eigenvalue weighted by atomic mass is 32.2. The Kier molecular flexibility index (Phi) is 4.31. The van der Waals surface area contributed by atoms with Crippen LogP contribution in [0.3, 0.4) is 0 Å². The second kappa shape index (κ2) is 6.22. The maximum absolute atomic E-state index is 11.8. The molecule has 3 rings (SSSR count). The summed E-state index contributed by atoms with van der Waals surface area (Å²) in [5, 5.41) is 4.21. The van der Waals surface area contributed by atoms with Gasteiger partial charge in [-0.25, -0.2) is 13.1 Å². The lowest BCUT2D eigenvalue weighted by atomic mass is 10.1. The van der Waals surface area contributed by atoms with Gasteiger partial charge in [-0.15, -0.1) is 0 Å². The molecule has 6 heteroatoms. The van der Waals surface area contributed by atoms with Gasteiger partial charge in [0.25, 0.3) is 0 Å². The SMILES string of the molecule is C[C@H]1CCS(=O)(=O)CCN1Cc1ccc(-n2cccn2)cc1. The minimum atomic E-state index is -2.87. The number of benzene rings is 1. The maximum Gasteiger partial charge on any atom is 0.151 e. The third-order valence-electron chi connectivity index (χ3n) is 4.25. The fourth-order valence-corrected chi connectivity index (χ4v) is 4.17. The van der Waals surface area contributed by atoms with Crippen molar-refractivity contribution in [3.05, 3.63) is 48.3 Å². The highest BCUT2D eigenvalue weighted by Crippen LogP contribution is 2.17. The summed E-state index contributed by atoms with van der Waals surface area (Å²) >= 11 is 0. The van der Waals surface area contributed by atoms with Crippen molar-refractivity contribution in [1.82, 2.24) is 14.7 Å². The first-order chi connectivity index (χ1) is 10.5. The summed E-state index contributed by atoms with van der Waals surface area (Å²) in [4.78, 5) is 2.26. The van der Waals surface area contributed by atoms with E-state index >= 15 is 0 Å². The average Bonchev–Trinajstić information content (AvgIpc) is 3.00. The molecule has 22 heavy (non-hydrogen) atoms. The Labute approximate surface area is 131 Å². The Hall–Kier alpha value is -1.66. The molecule has 0 aliphatic carbocycles. The van der Waals surface area contributed by atoms with E-state index in [2.05, 4.69) is 29.1 Å². The lowest BCUT2D eigenvalue weighted by Gasteiger charge is -2.26. The van der Waals surface area contributed by atoms with Gasteiger partial charge in [-0.3, -0.25) is 4.90 Å². The third kappa shape index (κ3) is 3.56. The molecule has 1 atom stereocenters. The van der Waals surface area contributed by atoms with Crippen molar-refractivity contribution in [2.24, 2.45) is 0 Å². The predicted octanol–water partition coefficient (Wildman–Crippen LogP) is 1.88. The number of aromatic nitrogens is 2. The number of sulfone groups is 1. The first-order valence-corrected chi connectivity index (χ1v) is 9.39. The standard InChI is InChI=1S/C16H21N3O2S/c1-14-7-11-22(20,21)12-10-18(14)13-15-3-5-16(6-4-15)19-9-2-8-17-19/h2-6,8-9,14H,7,10-13H2,1H3/t14-/m0/s1. The van der Waals surface area contributed by atoms with E-state index in [1.807, 2.05) is 29.1 Å². The predicted molar refractivity (Wildman–Crippen MR) is 86.7 cm³/mol. The van der Waals surface area contributed by atoms with Gasteiger partial charge in [0.05, 0.1) is 17.2 Å². The van der Waals surface area contributed by atoms with E-state index in [-0.39, 0.29) is 5.75 Å². The molecule has 118 valence electrons. The van der Waals surface area contributed by atoms with Crippen LogP contribution < -0.4 is 0 Å². The Morgan fingerprint density at radius 1 is 1.23 bits per heavy atom. The van der Waals surface area contributed by atoms with Crippen LogP contribution in [0.1, 0.15) is 18.9 Å². The number of nitrogens with zero attached hydrogens (tertiary/aromatic N) is 3. The molecule has 1 aliphatic heterocycles. The maximum atomic E-state index is 11.8. The highest BCUT2D eigenvalue weighted by molar-refractivity contribution is 7.91. The van der Waals surface area contributed by atoms with E-state index < -0.39 is 9.84 Å². The molecule has 0 bridgehead atoms. The van der Waals surface area contributed by atoms with E-state index in [1.54, 1.807) is 6.20 Å². The summed E-state index contributed by atoms with van der Waals surface area (Å²) in [5.41, 5.74) is 2.22. The molecule has 1 aromatic carbocycles. The number of hydrogen-bond acceptors (Lipinski definition) is 4. The van der Waals surface area contributed by atoms with Crippen molar-refractivity contribution in [3.63, 3.8) is 0 Å². The van der Waals surface area contributed by atoms with Crippen LogP contribution in [0.2, 0.25) is 0 Å². The van der Waals surface area contributed by atoms with Gasteiger partial charge in [-0.2, -0.15) is 5.10 Å². The van der Waals surface area contributed by atoms with Crippen LogP contribution in [0.25, 0.3) is 5.69 Å². The third-order valence-corrected chi connectivity index (χ3v) is 5.91. The van der Waals surface area contributed by atoms with Gasteiger partial charge < -0.3 is 0 Å². The van der Waals surface area contributed by atoms with Gasteiger partial charge in [-0.1, -0.05) is 12.1 Å². The van der Waals surface area contributed by atoms with E-state index in [0.29, 0.717) is 24.8 Å². The zero-order chi connectivity index (χ0) is 15.6. The van der Waals surface area contributed by atoms with Crippen LogP contribution in [0.4, 0.5) is 0 Å². The molecule has 5 nitrogen and oxygen atoms in total. The highest BCUT2D eigenvalue weighted by Gasteiger charge is 2.24. The Morgan fingerprint density at radius 2 is 2.00 bits per heavy atom. The zero-order valence-electron chi connectivity index (χ0n) is 12.7. The molecular weight excluding hydrogens is 298 g/mol. The van der Waals surface area contributed by atoms with Crippen molar-refractivity contribution < 1.29 is 8.42 Å². The molecule has 0 saturated carbocycles. The normalized spacial score (nSPS) is 22.3. The summed E-state index contributed by atoms with van der Waals surface area (Å²) in [5.74, 6) is 0.575. The average molecular weight is 319 g/mol. The Morgan fingerprint density at radius 3 is 2.68 bits per heavy atom. The van der Waals surface area contributed by atoms with Crippen LogP contribution in [0, 0.1) is 0 Å². The van der Waals surface area contributed by atoms with Crippen LogP contribution in [-0.2, 0) is 16.4 Å². The lowest BCUT2D eigenvalue weighted by Crippen LogP contribution is -2.33. The topological polar surface area (TPSA) is 55.2 Å². The second-order valence-electron chi connectivity index (χ2n) is 5.88. The molecule has 2 aromatic rings. The Bertz CT molecular complexity index is 708. The number of rotatable bonds is 3. The van der Waals surface area contributed by atoms with Gasteiger partial charge in [-0.05, 0) is 37.1 Å². The quantitative estimate of drug-likeness (QED) is 0.867. The smallest absolute Gasteiger partial charge is 0.151 e. The van der Waals surface area contributed by atoms with Gasteiger partial charge in [0.2, 0.25) is 0 Å². The van der Waals surface area contributed by atoms with Gasteiger partial charge >= 0.3 is 0 Å². The lowest BCUT2D eigenvalue weighted by molar-refractivity contribution is 0.212. The molecular formula is C16H21N3O2S. The molecule has 1 fully saturated rings. The van der Waals surface area contributed by atoms with Crippen molar-refractivity contribution in [1.29, 1.82) is 0 Å². The summed E-state index contributed by atoms with van der Waals surface area (Å²) in [6.45, 7) is 3.51. The van der Waals surface area contributed by atoms with E-state index in [1.165, 1.54) is 5.56 Å². The van der Waals surface area contributed by atoms with Crippen LogP contribution in [0.5, 0.6) is 0 Å². The number of hydrogen-bond donors (Lipinski definition) is 0. The summed E-state index contributed by atoms with van der Waals surface area (Å²) in [7, 11) is -2.87. The monoisotopic (exact) mass is 319 g/mol. The molecule has 1 aromatic heterocycles. The molecule has 1 aliphatic rings. The summed E-state index contributed by atoms with van der Waals surface area (Å²) in [6, 6.07) is 10.4. The summed E-state index contributed by atoms with van der Waals surface area (Å²) in [6.07, 6.45) is 4.39. The minimum absolute atomic E-state index is 0.267. The molecule has 0 unspecified atom stereocenters. The molecule has 0 spiro atoms. The van der Waals surface area contributed by atoms with Crippen molar-refractivity contribution >= 4 is 9.84 Å². The van der Waals surface area contributed by atoms with Crippen LogP contribution >= 0.6 is 0 Å². The van der Waals surface area contributed by atoms with Crippen molar-refractivity contribution in [2.75, 3.05) is 18.1 Å². The summed E-state index contributed by atoms with van der Waals surface area (Å²) < 4.78 is 25.3. The minimum Gasteiger partial charge on any atom is -0.295 e. The largest absolute Gasteiger partial charge is 0.295 e. The van der Waals surface area contributed by atoms with E-state index in [0.717, 1.165) is 12.2 Å². The fourth-order valence-electron chi connectivity index (χ4n) is 2.76. The first-order valence-electron chi connectivity index (χ1n) is 7.57. The fraction of sp³-hybridized carbons (Fsp3) is 0.438. The van der Waals surface area contributed by atoms with Gasteiger partial charge in [0.15, 0.2) is 9.84 Å². The molecule has 1 saturated heterocycles. The van der Waals surface area contributed by atoms with E-state index in [9.17, 15) is 8.42 Å².